The Morgan fingerprint density at radius 3 is 2.66 bits per heavy atom. The number of aromatic nitrogens is 2. The van der Waals surface area contributed by atoms with E-state index in [0.717, 1.165) is 41.7 Å². The van der Waals surface area contributed by atoms with Gasteiger partial charge in [-0.3, -0.25) is 9.69 Å². The molecule has 0 radical (unpaired) electrons. The summed E-state index contributed by atoms with van der Waals surface area (Å²) in [4.78, 5) is 23.3. The number of fused-ring (bicyclic) bond motifs is 2. The zero-order valence-corrected chi connectivity index (χ0v) is 17.9. The van der Waals surface area contributed by atoms with Gasteiger partial charge in [0.25, 0.3) is 5.91 Å². The molecular formula is C27H26N4O. The number of H-pyrrole nitrogens is 1. The van der Waals surface area contributed by atoms with Crippen LogP contribution in [0.5, 0.6) is 0 Å². The molecule has 3 heterocycles. The molecule has 5 heteroatoms. The van der Waals surface area contributed by atoms with Crippen molar-refractivity contribution in [3.63, 3.8) is 0 Å². The maximum Gasteiger partial charge on any atom is 0.251 e. The topological polar surface area (TPSA) is 61.0 Å². The molecule has 1 fully saturated rings. The summed E-state index contributed by atoms with van der Waals surface area (Å²) in [5, 5.41) is 4.45. The molecule has 4 aromatic rings. The number of benzene rings is 2. The van der Waals surface area contributed by atoms with E-state index in [2.05, 4.69) is 44.5 Å². The summed E-state index contributed by atoms with van der Waals surface area (Å²) >= 11 is 0. The predicted molar refractivity (Wildman–Crippen MR) is 126 cm³/mol. The van der Waals surface area contributed by atoms with E-state index in [1.807, 2.05) is 48.8 Å². The van der Waals surface area contributed by atoms with Gasteiger partial charge in [-0.1, -0.05) is 36.4 Å². The first-order valence-corrected chi connectivity index (χ1v) is 11.4. The average molecular weight is 423 g/mol. The highest BCUT2D eigenvalue weighted by molar-refractivity contribution is 5.97. The van der Waals surface area contributed by atoms with Crippen LogP contribution in [-0.2, 0) is 6.42 Å². The number of nitrogens with one attached hydrogen (secondary N) is 2. The van der Waals surface area contributed by atoms with Gasteiger partial charge in [0, 0.05) is 29.4 Å². The van der Waals surface area contributed by atoms with Crippen LogP contribution in [-0.4, -0.2) is 39.9 Å². The Kier molecular flexibility index (Phi) is 4.76. The second kappa shape index (κ2) is 7.92. The molecule has 160 valence electrons. The highest BCUT2D eigenvalue weighted by Crippen LogP contribution is 2.36. The molecular weight excluding hydrogens is 396 g/mol. The van der Waals surface area contributed by atoms with Gasteiger partial charge in [-0.15, -0.1) is 0 Å². The van der Waals surface area contributed by atoms with Gasteiger partial charge < -0.3 is 10.3 Å². The molecule has 2 aliphatic rings. The number of carbonyl (C=O) groups excluding carboxylic acids is 1. The third kappa shape index (κ3) is 3.30. The molecule has 0 bridgehead atoms. The molecule has 2 aromatic heterocycles. The van der Waals surface area contributed by atoms with Crippen molar-refractivity contribution in [3.05, 3.63) is 89.7 Å². The summed E-state index contributed by atoms with van der Waals surface area (Å²) in [7, 11) is 0. The molecule has 0 saturated carbocycles. The van der Waals surface area contributed by atoms with Crippen molar-refractivity contribution in [3.8, 4) is 11.1 Å². The largest absolute Gasteiger partial charge is 0.346 e. The Balaban J connectivity index is 1.26. The van der Waals surface area contributed by atoms with E-state index < -0.39 is 0 Å². The predicted octanol–water partition coefficient (Wildman–Crippen LogP) is 4.72. The number of aromatic amines is 1. The van der Waals surface area contributed by atoms with Crippen molar-refractivity contribution in [2.24, 2.45) is 0 Å². The summed E-state index contributed by atoms with van der Waals surface area (Å²) in [6.07, 6.45) is 7.22. The van der Waals surface area contributed by atoms with Crippen LogP contribution in [0.3, 0.4) is 0 Å². The minimum Gasteiger partial charge on any atom is -0.346 e. The molecule has 0 unspecified atom stereocenters. The lowest BCUT2D eigenvalue weighted by Gasteiger charge is -2.30. The number of nitrogens with zero attached hydrogens (tertiary/aromatic N) is 2. The molecule has 6 rings (SSSR count). The standard InChI is InChI=1S/C27H26N4O/c32-27(19-9-7-18(8-10-19)21-11-13-28-26-23(21)12-14-29-26)30-25-22-6-2-1-5-20(22)17-24(25)31-15-3-4-16-31/h1-2,5-14,24-25H,3-4,15-17H2,(H,28,29)(H,30,32)/t24-,25-/m1/s1. The molecule has 1 aliphatic heterocycles. The van der Waals surface area contributed by atoms with Gasteiger partial charge in [0.05, 0.1) is 6.04 Å². The van der Waals surface area contributed by atoms with E-state index in [9.17, 15) is 4.79 Å². The van der Waals surface area contributed by atoms with Crippen molar-refractivity contribution < 1.29 is 4.79 Å². The van der Waals surface area contributed by atoms with Gasteiger partial charge in [0.1, 0.15) is 5.65 Å². The zero-order chi connectivity index (χ0) is 21.5. The Hall–Kier alpha value is -3.44. The lowest BCUT2D eigenvalue weighted by Crippen LogP contribution is -2.43. The van der Waals surface area contributed by atoms with Crippen LogP contribution in [0, 0.1) is 0 Å². The van der Waals surface area contributed by atoms with Crippen LogP contribution < -0.4 is 5.32 Å². The van der Waals surface area contributed by atoms with E-state index in [4.69, 9.17) is 0 Å². The van der Waals surface area contributed by atoms with Gasteiger partial charge in [-0.05, 0) is 78.9 Å². The summed E-state index contributed by atoms with van der Waals surface area (Å²) in [5.74, 6) is -0.0102. The molecule has 1 saturated heterocycles. The fourth-order valence-corrected chi connectivity index (χ4v) is 5.40. The van der Waals surface area contributed by atoms with Crippen molar-refractivity contribution in [1.82, 2.24) is 20.2 Å². The molecule has 2 N–H and O–H groups in total. The average Bonchev–Trinajstić information content (AvgIpc) is 3.59. The molecule has 2 atom stereocenters. The molecule has 32 heavy (non-hydrogen) atoms. The van der Waals surface area contributed by atoms with Crippen LogP contribution in [0.4, 0.5) is 0 Å². The monoisotopic (exact) mass is 422 g/mol. The van der Waals surface area contributed by atoms with Gasteiger partial charge in [-0.25, -0.2) is 4.98 Å². The summed E-state index contributed by atoms with van der Waals surface area (Å²) in [5.41, 5.74) is 6.38. The zero-order valence-electron chi connectivity index (χ0n) is 17.9. The number of hydrogen-bond acceptors (Lipinski definition) is 3. The summed E-state index contributed by atoms with van der Waals surface area (Å²) in [6, 6.07) is 20.9. The number of amides is 1. The van der Waals surface area contributed by atoms with Crippen LogP contribution in [0.2, 0.25) is 0 Å². The highest BCUT2D eigenvalue weighted by atomic mass is 16.1. The normalized spacial score (nSPS) is 20.5. The SMILES string of the molecule is O=C(N[C@@H]1c2ccccc2C[C@H]1N1CCCC1)c1ccc(-c2ccnc3[nH]ccc23)cc1. The third-order valence-corrected chi connectivity index (χ3v) is 7.02. The van der Waals surface area contributed by atoms with Crippen molar-refractivity contribution in [1.29, 1.82) is 0 Å². The fraction of sp³-hybridized carbons (Fsp3) is 0.259. The molecule has 5 nitrogen and oxygen atoms in total. The first-order chi connectivity index (χ1) is 15.8. The lowest BCUT2D eigenvalue weighted by molar-refractivity contribution is 0.0906. The summed E-state index contributed by atoms with van der Waals surface area (Å²) < 4.78 is 0. The Morgan fingerprint density at radius 2 is 1.81 bits per heavy atom. The van der Waals surface area contributed by atoms with Crippen LogP contribution in [0.15, 0.2) is 73.1 Å². The van der Waals surface area contributed by atoms with Crippen LogP contribution in [0.1, 0.15) is 40.4 Å². The molecule has 1 aliphatic carbocycles. The maximum absolute atomic E-state index is 13.2. The molecule has 2 aromatic carbocycles. The fourth-order valence-electron chi connectivity index (χ4n) is 5.40. The second-order valence-electron chi connectivity index (χ2n) is 8.84. The number of likely N-dealkylation sites (tertiary alicyclic amines) is 1. The van der Waals surface area contributed by atoms with E-state index >= 15 is 0 Å². The Bertz CT molecular complexity index is 1270. The number of carbonyl (C=O) groups is 1. The van der Waals surface area contributed by atoms with Crippen molar-refractivity contribution in [2.45, 2.75) is 31.3 Å². The van der Waals surface area contributed by atoms with E-state index in [1.54, 1.807) is 0 Å². The Labute approximate surface area is 187 Å². The van der Waals surface area contributed by atoms with E-state index in [1.165, 1.54) is 24.0 Å². The first kappa shape index (κ1) is 19.3. The minimum absolute atomic E-state index is 0.0102. The smallest absolute Gasteiger partial charge is 0.251 e. The van der Waals surface area contributed by atoms with E-state index in [0.29, 0.717) is 11.6 Å². The lowest BCUT2D eigenvalue weighted by atomic mass is 10.0. The van der Waals surface area contributed by atoms with Crippen LogP contribution >= 0.6 is 0 Å². The maximum atomic E-state index is 13.2. The van der Waals surface area contributed by atoms with Gasteiger partial charge >= 0.3 is 0 Å². The van der Waals surface area contributed by atoms with Gasteiger partial charge in [-0.2, -0.15) is 0 Å². The first-order valence-electron chi connectivity index (χ1n) is 11.4. The van der Waals surface area contributed by atoms with Gasteiger partial charge in [0.2, 0.25) is 0 Å². The number of rotatable bonds is 4. The van der Waals surface area contributed by atoms with Gasteiger partial charge in [0.15, 0.2) is 0 Å². The number of hydrogen-bond donors (Lipinski definition) is 2. The second-order valence-corrected chi connectivity index (χ2v) is 8.84. The highest BCUT2D eigenvalue weighted by Gasteiger charge is 2.38. The summed E-state index contributed by atoms with van der Waals surface area (Å²) in [6.45, 7) is 2.25. The molecule has 1 amide bonds. The molecule has 0 spiro atoms. The third-order valence-electron chi connectivity index (χ3n) is 7.02. The van der Waals surface area contributed by atoms with Crippen molar-refractivity contribution in [2.75, 3.05) is 13.1 Å². The minimum atomic E-state index is -0.0102. The van der Waals surface area contributed by atoms with Crippen molar-refractivity contribution >= 4 is 16.9 Å². The number of pyridine rings is 1. The Morgan fingerprint density at radius 1 is 1.00 bits per heavy atom. The quantitative estimate of drug-likeness (QED) is 0.500. The van der Waals surface area contributed by atoms with E-state index in [-0.39, 0.29) is 11.9 Å². The van der Waals surface area contributed by atoms with Crippen LogP contribution in [0.25, 0.3) is 22.2 Å².